The maximum absolute atomic E-state index is 12.5. The minimum atomic E-state index is -4.74. The monoisotopic (exact) mass is 578 g/mol. The van der Waals surface area contributed by atoms with E-state index < -0.39 is 17.2 Å². The van der Waals surface area contributed by atoms with Gasteiger partial charge in [0.2, 0.25) is 5.95 Å². The Hall–Kier alpha value is -3.08. The summed E-state index contributed by atoms with van der Waals surface area (Å²) in [5.74, 6) is 2.04. The number of halogens is 3. The number of benzene rings is 2. The minimum Gasteiger partial charge on any atom is -0.406 e. The first-order valence-corrected chi connectivity index (χ1v) is 15.1. The number of hydrogen-bond donors (Lipinski definition) is 3. The molecule has 0 bridgehead atoms. The Bertz CT molecular complexity index is 1310. The summed E-state index contributed by atoms with van der Waals surface area (Å²) >= 11 is 0. The first kappa shape index (κ1) is 29.9. The van der Waals surface area contributed by atoms with Gasteiger partial charge in [-0.05, 0) is 79.5 Å². The second-order valence-corrected chi connectivity index (χ2v) is 13.2. The standard InChI is InChI=1S/C20H19F3N4O3S.C9H18/c21-20(22,23)30-15-4-2-13(3-5-15)25-19-26-16-6-1-12(11-17(16)27-19)18(28)24-14-7-9-31(29)10-8-14;1-8-5-4-6-9(2,3)7-8/h1-6,11,14H,7-10H2,(H,24,28)(H2,25,26,27);8H,4-7H2,1-3H3/t;8-/m.1/s1. The van der Waals surface area contributed by atoms with Crippen LogP contribution in [0.4, 0.5) is 24.8 Å². The Morgan fingerprint density at radius 2 is 1.80 bits per heavy atom. The fraction of sp³-hybridized carbons (Fsp3) is 0.517. The smallest absolute Gasteiger partial charge is 0.406 e. The molecule has 5 rings (SSSR count). The van der Waals surface area contributed by atoms with Crippen molar-refractivity contribution in [3.05, 3.63) is 48.0 Å². The number of nitrogens with zero attached hydrogens (tertiary/aromatic N) is 1. The van der Waals surface area contributed by atoms with E-state index in [9.17, 15) is 22.2 Å². The third kappa shape index (κ3) is 8.97. The number of anilines is 2. The molecule has 2 aromatic carbocycles. The molecule has 2 aliphatic rings. The molecule has 11 heteroatoms. The molecule has 1 saturated heterocycles. The van der Waals surface area contributed by atoms with Crippen LogP contribution in [0.3, 0.4) is 0 Å². The Balaban J connectivity index is 0.000000350. The maximum atomic E-state index is 12.5. The van der Waals surface area contributed by atoms with Gasteiger partial charge in [-0.1, -0.05) is 33.6 Å². The van der Waals surface area contributed by atoms with E-state index in [0.717, 1.165) is 5.92 Å². The van der Waals surface area contributed by atoms with Crippen molar-refractivity contribution in [1.29, 1.82) is 0 Å². The fourth-order valence-corrected chi connectivity index (χ4v) is 6.67. The molecule has 1 aliphatic carbocycles. The molecule has 0 unspecified atom stereocenters. The molecular weight excluding hydrogens is 541 g/mol. The van der Waals surface area contributed by atoms with Crippen molar-refractivity contribution >= 4 is 39.4 Å². The van der Waals surface area contributed by atoms with Crippen LogP contribution in [0, 0.1) is 11.3 Å². The van der Waals surface area contributed by atoms with Crippen molar-refractivity contribution in [3.8, 4) is 5.75 Å². The summed E-state index contributed by atoms with van der Waals surface area (Å²) < 4.78 is 52.0. The minimum absolute atomic E-state index is 0.0178. The summed E-state index contributed by atoms with van der Waals surface area (Å²) in [6, 6.07) is 10.3. The van der Waals surface area contributed by atoms with E-state index in [1.165, 1.54) is 49.9 Å². The molecular formula is C29H37F3N4O3S. The third-order valence-corrected chi connectivity index (χ3v) is 8.65. The van der Waals surface area contributed by atoms with E-state index >= 15 is 0 Å². The largest absolute Gasteiger partial charge is 0.573 e. The van der Waals surface area contributed by atoms with Crippen LogP contribution in [-0.2, 0) is 10.8 Å². The normalized spacial score (nSPS) is 22.6. The molecule has 1 atom stereocenters. The van der Waals surface area contributed by atoms with E-state index in [2.05, 4.69) is 46.1 Å². The summed E-state index contributed by atoms with van der Waals surface area (Å²) in [6.07, 6.45) is 2.45. The molecule has 1 aromatic heterocycles. The Kier molecular flexibility index (Phi) is 9.43. The number of carbonyl (C=O) groups excluding carboxylic acids is 1. The average Bonchev–Trinajstić information content (AvgIpc) is 3.27. The number of nitrogens with one attached hydrogen (secondary N) is 3. The molecule has 3 aromatic rings. The van der Waals surface area contributed by atoms with Crippen LogP contribution in [0.25, 0.3) is 11.0 Å². The van der Waals surface area contributed by atoms with Gasteiger partial charge in [-0.2, -0.15) is 0 Å². The number of imidazole rings is 1. The summed E-state index contributed by atoms with van der Waals surface area (Å²) in [5.41, 5.74) is 2.91. The average molecular weight is 579 g/mol. The maximum Gasteiger partial charge on any atom is 0.573 e. The molecule has 1 saturated carbocycles. The van der Waals surface area contributed by atoms with Gasteiger partial charge in [0.15, 0.2) is 0 Å². The van der Waals surface area contributed by atoms with E-state index in [0.29, 0.717) is 58.0 Å². The number of hydrogen-bond acceptors (Lipinski definition) is 5. The molecule has 1 amide bonds. The number of ether oxygens (including phenoxy) is 1. The number of alkyl halides is 3. The summed E-state index contributed by atoms with van der Waals surface area (Å²) in [5, 5.41) is 5.94. The summed E-state index contributed by atoms with van der Waals surface area (Å²) in [7, 11) is -0.788. The van der Waals surface area contributed by atoms with Crippen LogP contribution in [0.1, 0.15) is 69.7 Å². The number of aromatic amines is 1. The van der Waals surface area contributed by atoms with Crippen LogP contribution >= 0.6 is 0 Å². The lowest BCUT2D eigenvalue weighted by Gasteiger charge is -2.33. The molecule has 3 N–H and O–H groups in total. The molecule has 2 fully saturated rings. The number of aromatic nitrogens is 2. The lowest BCUT2D eigenvalue weighted by atomic mass is 9.73. The van der Waals surface area contributed by atoms with Gasteiger partial charge in [-0.25, -0.2) is 4.98 Å². The van der Waals surface area contributed by atoms with Gasteiger partial charge in [-0.3, -0.25) is 9.00 Å². The molecule has 2 heterocycles. The topological polar surface area (TPSA) is 96.1 Å². The molecule has 0 spiro atoms. The van der Waals surface area contributed by atoms with Crippen molar-refractivity contribution in [1.82, 2.24) is 15.3 Å². The fourth-order valence-electron chi connectivity index (χ4n) is 5.37. The van der Waals surface area contributed by atoms with E-state index in [1.807, 2.05) is 0 Å². The SMILES string of the molecule is C[C@@H]1CCCC(C)(C)C1.O=C(NC1CCS(=O)CC1)c1ccc2nc(Nc3ccc(OC(F)(F)F)cc3)[nH]c2c1. The van der Waals surface area contributed by atoms with Crippen molar-refractivity contribution in [3.63, 3.8) is 0 Å². The molecule has 40 heavy (non-hydrogen) atoms. The Labute approximate surface area is 235 Å². The van der Waals surface area contributed by atoms with Gasteiger partial charge in [0.05, 0.1) is 11.0 Å². The number of carbonyl (C=O) groups is 1. The molecule has 218 valence electrons. The Morgan fingerprint density at radius 3 is 2.40 bits per heavy atom. The summed E-state index contributed by atoms with van der Waals surface area (Å²) in [4.78, 5) is 20.0. The van der Waals surface area contributed by atoms with Gasteiger partial charge >= 0.3 is 6.36 Å². The lowest BCUT2D eigenvalue weighted by molar-refractivity contribution is -0.274. The number of fused-ring (bicyclic) bond motifs is 1. The van der Waals surface area contributed by atoms with Crippen molar-refractivity contribution < 1.29 is 26.9 Å². The van der Waals surface area contributed by atoms with Crippen molar-refractivity contribution in [2.75, 3.05) is 16.8 Å². The number of amides is 1. The van der Waals surface area contributed by atoms with Gasteiger partial charge in [0.1, 0.15) is 5.75 Å². The zero-order valence-electron chi connectivity index (χ0n) is 23.1. The highest BCUT2D eigenvalue weighted by Gasteiger charge is 2.31. The zero-order valence-corrected chi connectivity index (χ0v) is 23.9. The van der Waals surface area contributed by atoms with Gasteiger partial charge in [0, 0.05) is 39.6 Å². The first-order valence-electron chi connectivity index (χ1n) is 13.6. The number of H-pyrrole nitrogens is 1. The third-order valence-electron chi connectivity index (χ3n) is 7.27. The van der Waals surface area contributed by atoms with Crippen molar-refractivity contribution in [2.45, 2.75) is 71.7 Å². The van der Waals surface area contributed by atoms with Gasteiger partial charge in [-0.15, -0.1) is 13.2 Å². The molecule has 1 aliphatic heterocycles. The number of rotatable bonds is 5. The first-order chi connectivity index (χ1) is 18.8. The lowest BCUT2D eigenvalue weighted by Crippen LogP contribution is -2.39. The highest BCUT2D eigenvalue weighted by Crippen LogP contribution is 2.38. The highest BCUT2D eigenvalue weighted by atomic mass is 32.2. The van der Waals surface area contributed by atoms with Crippen LogP contribution < -0.4 is 15.4 Å². The van der Waals surface area contributed by atoms with E-state index in [4.69, 9.17) is 0 Å². The highest BCUT2D eigenvalue weighted by molar-refractivity contribution is 7.85. The predicted octanol–water partition coefficient (Wildman–Crippen LogP) is 7.07. The van der Waals surface area contributed by atoms with Gasteiger partial charge in [0.25, 0.3) is 5.91 Å². The van der Waals surface area contributed by atoms with Crippen LogP contribution in [0.2, 0.25) is 0 Å². The Morgan fingerprint density at radius 1 is 1.10 bits per heavy atom. The predicted molar refractivity (Wildman–Crippen MR) is 152 cm³/mol. The van der Waals surface area contributed by atoms with E-state index in [-0.39, 0.29) is 17.7 Å². The zero-order chi connectivity index (χ0) is 28.9. The second-order valence-electron chi connectivity index (χ2n) is 11.5. The quantitative estimate of drug-likeness (QED) is 0.301. The van der Waals surface area contributed by atoms with Crippen molar-refractivity contribution in [2.24, 2.45) is 11.3 Å². The molecule has 0 radical (unpaired) electrons. The van der Waals surface area contributed by atoms with Crippen LogP contribution in [0.15, 0.2) is 42.5 Å². The van der Waals surface area contributed by atoms with Crippen LogP contribution in [0.5, 0.6) is 5.75 Å². The van der Waals surface area contributed by atoms with Crippen LogP contribution in [-0.4, -0.2) is 44.0 Å². The summed E-state index contributed by atoms with van der Waals surface area (Å²) in [6.45, 7) is 7.16. The van der Waals surface area contributed by atoms with Gasteiger partial charge < -0.3 is 20.4 Å². The molecule has 7 nitrogen and oxygen atoms in total. The second kappa shape index (κ2) is 12.6. The van der Waals surface area contributed by atoms with E-state index in [1.54, 1.807) is 18.2 Å².